The molecule has 0 aromatic carbocycles. The van der Waals surface area contributed by atoms with Crippen molar-refractivity contribution in [2.75, 3.05) is 7.11 Å². The summed E-state index contributed by atoms with van der Waals surface area (Å²) in [6.45, 7) is 12.7. The highest BCUT2D eigenvalue weighted by Crippen LogP contribution is 2.15. The predicted molar refractivity (Wildman–Crippen MR) is 72.6 cm³/mol. The fraction of sp³-hybridized carbons (Fsp3) is 1.00. The van der Waals surface area contributed by atoms with Crippen molar-refractivity contribution in [2.24, 2.45) is 0 Å². The summed E-state index contributed by atoms with van der Waals surface area (Å²) in [6, 6.07) is 0. The molecule has 0 atom stereocenters. The molecule has 0 saturated heterocycles. The van der Waals surface area contributed by atoms with Crippen LogP contribution in [0.2, 0.25) is 39.3 Å². The van der Waals surface area contributed by atoms with E-state index in [0.29, 0.717) is 0 Å². The lowest BCUT2D eigenvalue weighted by atomic mass is 11.8. The summed E-state index contributed by atoms with van der Waals surface area (Å²) in [5, 5.41) is 0. The van der Waals surface area contributed by atoms with E-state index in [9.17, 15) is 0 Å². The molecule has 0 aliphatic heterocycles. The molecule has 0 rings (SSSR count). The third-order valence-electron chi connectivity index (χ3n) is 1.39. The van der Waals surface area contributed by atoms with Crippen LogP contribution in [-0.2, 0) is 16.8 Å². The maximum absolute atomic E-state index is 5.89. The molecule has 0 amide bonds. The predicted octanol–water partition coefficient (Wildman–Crippen LogP) is 1.07. The van der Waals surface area contributed by atoms with Gasteiger partial charge in [0.2, 0.25) is 0 Å². The molecule has 8 heteroatoms. The lowest BCUT2D eigenvalue weighted by Crippen LogP contribution is -2.55. The molecule has 15 heavy (non-hydrogen) atoms. The minimum Gasteiger partial charge on any atom is -0.398 e. The monoisotopic (exact) mass is 284 g/mol. The molecular weight excluding hydrogens is 260 g/mol. The van der Waals surface area contributed by atoms with Crippen LogP contribution in [0.3, 0.4) is 0 Å². The van der Waals surface area contributed by atoms with Gasteiger partial charge in [-0.1, -0.05) is 0 Å². The third kappa shape index (κ3) is 6.79. The van der Waals surface area contributed by atoms with Gasteiger partial charge in [-0.05, 0) is 39.3 Å². The number of hydrogen-bond donors (Lipinski definition) is 0. The van der Waals surface area contributed by atoms with Gasteiger partial charge in [0.15, 0.2) is 27.1 Å². The first-order valence-corrected chi connectivity index (χ1v) is 15.4. The van der Waals surface area contributed by atoms with E-state index < -0.39 is 36.2 Å². The van der Waals surface area contributed by atoms with Crippen LogP contribution >= 0.6 is 0 Å². The van der Waals surface area contributed by atoms with Crippen molar-refractivity contribution in [3.05, 3.63) is 0 Å². The lowest BCUT2D eigenvalue weighted by molar-refractivity contribution is 0.119. The van der Waals surface area contributed by atoms with Crippen molar-refractivity contribution in [1.82, 2.24) is 0 Å². The molecule has 0 heterocycles. The van der Waals surface area contributed by atoms with Crippen LogP contribution in [0.4, 0.5) is 0 Å². The van der Waals surface area contributed by atoms with E-state index in [1.54, 1.807) is 7.11 Å². The van der Waals surface area contributed by atoms with Crippen LogP contribution in [0.15, 0.2) is 0 Å². The number of hydrogen-bond acceptors (Lipinski definition) is 4. The molecule has 0 aromatic rings. The van der Waals surface area contributed by atoms with Crippen molar-refractivity contribution < 1.29 is 16.8 Å². The summed E-state index contributed by atoms with van der Waals surface area (Å²) in [7, 11) is -4.74. The topological polar surface area (TPSA) is 36.9 Å². The van der Waals surface area contributed by atoms with Crippen molar-refractivity contribution in [3.63, 3.8) is 0 Å². The summed E-state index contributed by atoms with van der Waals surface area (Å²) in [6.07, 6.45) is 0. The number of rotatable bonds is 7. The largest absolute Gasteiger partial charge is 0.646 e. The highest BCUT2D eigenvalue weighted by molar-refractivity contribution is 6.76. The molecular formula is C7H24O4Si4. The van der Waals surface area contributed by atoms with E-state index in [1.165, 1.54) is 0 Å². The molecule has 0 bridgehead atoms. The molecule has 0 aromatic heterocycles. The normalized spacial score (nSPS) is 13.2. The fourth-order valence-corrected chi connectivity index (χ4v) is 11.3. The van der Waals surface area contributed by atoms with Crippen LogP contribution in [0.25, 0.3) is 0 Å². The van der Waals surface area contributed by atoms with Gasteiger partial charge in [0, 0.05) is 7.11 Å². The molecule has 0 aliphatic carbocycles. The van der Waals surface area contributed by atoms with E-state index in [1.807, 2.05) is 0 Å². The summed E-state index contributed by atoms with van der Waals surface area (Å²) >= 11 is 0. The Morgan fingerprint density at radius 2 is 0.933 bits per heavy atom. The second-order valence-electron chi connectivity index (χ2n) is 4.20. The summed E-state index contributed by atoms with van der Waals surface area (Å²) in [5.74, 6) is 0. The van der Waals surface area contributed by atoms with Gasteiger partial charge < -0.3 is 16.8 Å². The van der Waals surface area contributed by atoms with Gasteiger partial charge in [0.25, 0.3) is 0 Å². The van der Waals surface area contributed by atoms with Gasteiger partial charge in [0.05, 0.1) is 0 Å². The van der Waals surface area contributed by atoms with E-state index in [4.69, 9.17) is 16.8 Å². The Morgan fingerprint density at radius 3 is 1.07 bits per heavy atom. The van der Waals surface area contributed by atoms with Gasteiger partial charge in [-0.15, -0.1) is 0 Å². The van der Waals surface area contributed by atoms with Crippen LogP contribution < -0.4 is 0 Å². The maximum Gasteiger partial charge on any atom is 0.646 e. The molecule has 0 saturated carbocycles. The van der Waals surface area contributed by atoms with E-state index in [-0.39, 0.29) is 0 Å². The quantitative estimate of drug-likeness (QED) is 0.655. The van der Waals surface area contributed by atoms with Crippen molar-refractivity contribution >= 4 is 36.2 Å². The first-order chi connectivity index (χ1) is 6.81. The molecule has 0 aliphatic rings. The molecule has 0 fully saturated rings. The minimum absolute atomic E-state index is 1.20. The van der Waals surface area contributed by atoms with Gasteiger partial charge in [-0.3, -0.25) is 0 Å². The van der Waals surface area contributed by atoms with Gasteiger partial charge in [-0.2, -0.15) is 0 Å². The maximum atomic E-state index is 5.89. The first kappa shape index (κ1) is 15.7. The average Bonchev–Trinajstić information content (AvgIpc) is 1.99. The van der Waals surface area contributed by atoms with E-state index in [2.05, 4.69) is 39.3 Å². The van der Waals surface area contributed by atoms with Crippen molar-refractivity contribution in [1.29, 1.82) is 0 Å². The van der Waals surface area contributed by atoms with Gasteiger partial charge in [0.1, 0.15) is 0 Å². The van der Waals surface area contributed by atoms with Gasteiger partial charge >= 0.3 is 9.05 Å². The highest BCUT2D eigenvalue weighted by Gasteiger charge is 2.45. The van der Waals surface area contributed by atoms with Gasteiger partial charge in [-0.25, -0.2) is 0 Å². The Hall–Kier alpha value is 0.708. The smallest absolute Gasteiger partial charge is 0.398 e. The Morgan fingerprint density at radius 1 is 0.667 bits per heavy atom. The van der Waals surface area contributed by atoms with Crippen molar-refractivity contribution in [2.45, 2.75) is 39.3 Å². The second-order valence-corrected chi connectivity index (χ2v) is 14.7. The van der Waals surface area contributed by atoms with Crippen LogP contribution in [0.5, 0.6) is 0 Å². The third-order valence-corrected chi connectivity index (χ3v) is 11.0. The zero-order valence-corrected chi connectivity index (χ0v) is 15.3. The Bertz CT molecular complexity index is 150. The Kier molecular flexibility index (Phi) is 7.45. The summed E-state index contributed by atoms with van der Waals surface area (Å²) < 4.78 is 23.1. The lowest BCUT2D eigenvalue weighted by Gasteiger charge is -2.32. The van der Waals surface area contributed by atoms with Crippen LogP contribution in [0, 0.1) is 0 Å². The molecule has 0 spiro atoms. The molecule has 0 radical (unpaired) electrons. The first-order valence-electron chi connectivity index (χ1n) is 5.40. The minimum atomic E-state index is -2.77. The second kappa shape index (κ2) is 7.12. The zero-order chi connectivity index (χ0) is 12.1. The standard InChI is InChI=1S/C7H24O4Si4/c1-8-15(9-12(2)3,10-13(4)5)11-14(6)7/h12-14H,1-7H3. The summed E-state index contributed by atoms with van der Waals surface area (Å²) in [4.78, 5) is 0. The van der Waals surface area contributed by atoms with E-state index >= 15 is 0 Å². The van der Waals surface area contributed by atoms with E-state index in [0.717, 1.165) is 0 Å². The molecule has 92 valence electrons. The SMILES string of the molecule is CO[Si](O[SiH](C)C)(O[SiH](C)C)O[SiH](C)C. The fourth-order valence-electron chi connectivity index (χ4n) is 1.09. The summed E-state index contributed by atoms with van der Waals surface area (Å²) in [5.41, 5.74) is 0. The molecule has 4 nitrogen and oxygen atoms in total. The van der Waals surface area contributed by atoms with Crippen LogP contribution in [0.1, 0.15) is 0 Å². The van der Waals surface area contributed by atoms with Crippen LogP contribution in [-0.4, -0.2) is 43.3 Å². The zero-order valence-electron chi connectivity index (χ0n) is 10.9. The Labute approximate surface area is 99.6 Å². The molecule has 0 N–H and O–H groups in total. The average molecular weight is 285 g/mol. The molecule has 0 unspecified atom stereocenters. The Balaban J connectivity index is 4.59. The highest BCUT2D eigenvalue weighted by atomic mass is 28.5. The van der Waals surface area contributed by atoms with Crippen molar-refractivity contribution in [3.8, 4) is 0 Å².